The van der Waals surface area contributed by atoms with Crippen molar-refractivity contribution in [1.82, 2.24) is 25.5 Å². The zero-order valence-corrected chi connectivity index (χ0v) is 32.0. The number of thiazole rings is 1. The van der Waals surface area contributed by atoms with Crippen molar-refractivity contribution in [3.8, 4) is 22.2 Å². The molecule has 3 aliphatic rings. The molecule has 0 spiro atoms. The molecule has 1 aliphatic carbocycles. The first kappa shape index (κ1) is 38.0. The summed E-state index contributed by atoms with van der Waals surface area (Å²) >= 11 is 1.48. The van der Waals surface area contributed by atoms with Crippen LogP contribution in [0.25, 0.3) is 21.6 Å². The van der Waals surface area contributed by atoms with Crippen LogP contribution in [0.4, 0.5) is 4.79 Å². The van der Waals surface area contributed by atoms with Gasteiger partial charge in [-0.2, -0.15) is 0 Å². The fraction of sp³-hybridized carbons (Fsp3) is 0.538. The highest BCUT2D eigenvalue weighted by atomic mass is 32.1. The van der Waals surface area contributed by atoms with Crippen molar-refractivity contribution in [3.63, 3.8) is 0 Å². The number of ether oxygens (including phenoxy) is 3. The highest BCUT2D eigenvalue weighted by molar-refractivity contribution is 7.13. The van der Waals surface area contributed by atoms with Crippen LogP contribution in [0.3, 0.4) is 0 Å². The topological polar surface area (TPSA) is 169 Å². The first-order valence-corrected chi connectivity index (χ1v) is 19.2. The van der Waals surface area contributed by atoms with Gasteiger partial charge >= 0.3 is 12.1 Å². The third-order valence-corrected chi connectivity index (χ3v) is 10.8. The average Bonchev–Trinajstić information content (AvgIpc) is 3.40. The Labute approximate surface area is 313 Å². The molecule has 1 saturated carbocycles. The maximum atomic E-state index is 14.5. The largest absolute Gasteiger partial charge is 0.497 e. The second-order valence-electron chi connectivity index (χ2n) is 15.4. The number of carbonyl (C=O) groups excluding carboxylic acids is 3. The Morgan fingerprint density at radius 3 is 2.62 bits per heavy atom. The summed E-state index contributed by atoms with van der Waals surface area (Å²) in [6, 6.07) is 5.28. The van der Waals surface area contributed by atoms with Gasteiger partial charge in [-0.15, -0.1) is 11.3 Å². The van der Waals surface area contributed by atoms with Gasteiger partial charge in [0.25, 0.3) is 0 Å². The van der Waals surface area contributed by atoms with E-state index in [2.05, 4.69) is 24.5 Å². The minimum atomic E-state index is -1.45. The lowest BCUT2D eigenvalue weighted by atomic mass is 10.0. The lowest BCUT2D eigenvalue weighted by molar-refractivity contribution is -0.145. The standard InChI is InChI=1S/C39H49N5O8S/c1-22(2)30-21-53-34(41-30)29-18-32(26-15-14-24(50-6)16-28(26)40-29)51-25-17-31-33(45)43-39(36(47)48)19-23(39)12-10-8-7-9-11-13-27(35(46)44(31)20-25)42-37(49)52-38(3,4)5/h10,12,14-16,18,21-23,25,27,31H,7-9,11,13,17,19-20H2,1-6H3,(H,42,49)(H,43,45)(H,47,48)/t23?,25-,27+,31+,39-/m1/s1. The van der Waals surface area contributed by atoms with Crippen LogP contribution in [0, 0.1) is 5.92 Å². The molecule has 3 N–H and O–H groups in total. The Morgan fingerprint density at radius 2 is 1.92 bits per heavy atom. The molecule has 1 saturated heterocycles. The van der Waals surface area contributed by atoms with Crippen molar-refractivity contribution in [2.24, 2.45) is 5.92 Å². The minimum absolute atomic E-state index is 0.0247. The molecule has 6 rings (SSSR count). The van der Waals surface area contributed by atoms with E-state index in [1.165, 1.54) is 16.2 Å². The number of amides is 3. The number of hydrogen-bond acceptors (Lipinski definition) is 10. The highest BCUT2D eigenvalue weighted by Gasteiger charge is 2.61. The van der Waals surface area contributed by atoms with Crippen LogP contribution in [-0.4, -0.2) is 86.8 Å². The molecule has 53 heavy (non-hydrogen) atoms. The monoisotopic (exact) mass is 747 g/mol. The van der Waals surface area contributed by atoms with E-state index < -0.39 is 53.2 Å². The normalized spacial score (nSPS) is 25.2. The fourth-order valence-corrected chi connectivity index (χ4v) is 7.90. The smallest absolute Gasteiger partial charge is 0.408 e. The van der Waals surface area contributed by atoms with E-state index >= 15 is 0 Å². The number of nitrogens with zero attached hydrogens (tertiary/aromatic N) is 3. The Hall–Kier alpha value is -4.72. The van der Waals surface area contributed by atoms with E-state index in [0.29, 0.717) is 40.9 Å². The summed E-state index contributed by atoms with van der Waals surface area (Å²) in [5.41, 5.74) is -0.0552. The number of hydrogen-bond donors (Lipinski definition) is 3. The molecule has 1 aromatic carbocycles. The van der Waals surface area contributed by atoms with Crippen molar-refractivity contribution in [2.45, 2.75) is 115 Å². The van der Waals surface area contributed by atoms with E-state index in [1.807, 2.05) is 41.8 Å². The van der Waals surface area contributed by atoms with E-state index in [1.54, 1.807) is 27.9 Å². The second kappa shape index (κ2) is 15.3. The molecular formula is C39H49N5O8S. The number of aliphatic carboxylic acids is 1. The predicted octanol–water partition coefficient (Wildman–Crippen LogP) is 6.21. The number of allylic oxidation sites excluding steroid dienone is 1. The number of rotatable bonds is 7. The van der Waals surface area contributed by atoms with Gasteiger partial charge in [-0.1, -0.05) is 38.8 Å². The molecule has 5 atom stereocenters. The number of carboxylic acids is 1. The zero-order chi connectivity index (χ0) is 38.1. The van der Waals surface area contributed by atoms with Crippen molar-refractivity contribution >= 4 is 46.1 Å². The average molecular weight is 748 g/mol. The van der Waals surface area contributed by atoms with Gasteiger partial charge in [-0.05, 0) is 64.5 Å². The third kappa shape index (κ3) is 8.58. The number of carbonyl (C=O) groups is 4. The van der Waals surface area contributed by atoms with Crippen molar-refractivity contribution in [1.29, 1.82) is 0 Å². The van der Waals surface area contributed by atoms with Gasteiger partial charge in [0.15, 0.2) is 0 Å². The maximum Gasteiger partial charge on any atom is 0.408 e. The SMILES string of the molecule is COc1ccc2c(O[C@@H]3C[C@H]4C(=O)N[C@]5(C(=O)O)CC5C=CCCCCC[C@H](NC(=O)OC(C)(C)C)C(=O)N4C3)cc(-c3nc(C(C)C)cs3)nc2c1. The number of pyridine rings is 1. The van der Waals surface area contributed by atoms with Gasteiger partial charge in [0, 0.05) is 35.2 Å². The van der Waals surface area contributed by atoms with Gasteiger partial charge in [0.1, 0.15) is 51.5 Å². The molecule has 1 unspecified atom stereocenters. The number of carboxylic acid groups (broad SMARTS) is 1. The minimum Gasteiger partial charge on any atom is -0.497 e. The molecule has 2 aliphatic heterocycles. The lowest BCUT2D eigenvalue weighted by Crippen LogP contribution is -2.56. The number of fused-ring (bicyclic) bond motifs is 3. The van der Waals surface area contributed by atoms with Gasteiger partial charge in [0.05, 0.1) is 24.9 Å². The van der Waals surface area contributed by atoms with E-state index in [9.17, 15) is 24.3 Å². The van der Waals surface area contributed by atoms with Crippen LogP contribution in [0.2, 0.25) is 0 Å². The van der Waals surface area contributed by atoms with Crippen LogP contribution in [0.15, 0.2) is 41.8 Å². The van der Waals surface area contributed by atoms with Crippen LogP contribution < -0.4 is 20.1 Å². The number of nitrogens with one attached hydrogen (secondary N) is 2. The van der Waals surface area contributed by atoms with Crippen LogP contribution in [-0.2, 0) is 19.1 Å². The van der Waals surface area contributed by atoms with Crippen LogP contribution in [0.5, 0.6) is 11.5 Å². The number of methoxy groups -OCH3 is 1. The van der Waals surface area contributed by atoms with Crippen molar-refractivity contribution < 1.29 is 38.5 Å². The number of alkyl carbamates (subject to hydrolysis) is 1. The quantitative estimate of drug-likeness (QED) is 0.236. The first-order valence-electron chi connectivity index (χ1n) is 18.3. The van der Waals surface area contributed by atoms with E-state index in [-0.39, 0.29) is 31.2 Å². The Kier molecular flexibility index (Phi) is 11.0. The molecule has 0 bridgehead atoms. The summed E-state index contributed by atoms with van der Waals surface area (Å²) in [7, 11) is 1.58. The van der Waals surface area contributed by atoms with Gasteiger partial charge in [-0.25, -0.2) is 19.6 Å². The Bertz CT molecular complexity index is 1900. The van der Waals surface area contributed by atoms with Gasteiger partial charge in [0.2, 0.25) is 11.8 Å². The molecule has 4 heterocycles. The molecule has 14 heteroatoms. The first-order chi connectivity index (χ1) is 25.2. The summed E-state index contributed by atoms with van der Waals surface area (Å²) in [6.45, 7) is 9.41. The molecule has 284 valence electrons. The van der Waals surface area contributed by atoms with Crippen LogP contribution >= 0.6 is 11.3 Å². The van der Waals surface area contributed by atoms with Gasteiger partial charge < -0.3 is 34.9 Å². The van der Waals surface area contributed by atoms with Crippen molar-refractivity contribution in [3.05, 3.63) is 47.5 Å². The van der Waals surface area contributed by atoms with Gasteiger partial charge in [-0.3, -0.25) is 9.59 Å². The molecule has 3 amide bonds. The number of benzene rings is 1. The molecule has 0 radical (unpaired) electrons. The molecule has 3 aromatic rings. The van der Waals surface area contributed by atoms with E-state index in [4.69, 9.17) is 24.2 Å². The summed E-state index contributed by atoms with van der Waals surface area (Å²) < 4.78 is 17.7. The van der Waals surface area contributed by atoms with Crippen molar-refractivity contribution in [2.75, 3.05) is 13.7 Å². The van der Waals surface area contributed by atoms with E-state index in [0.717, 1.165) is 30.0 Å². The lowest BCUT2D eigenvalue weighted by Gasteiger charge is -2.30. The Balaban J connectivity index is 1.35. The summed E-state index contributed by atoms with van der Waals surface area (Å²) in [5.74, 6) is -1.16. The third-order valence-electron chi connectivity index (χ3n) is 9.92. The maximum absolute atomic E-state index is 14.5. The summed E-state index contributed by atoms with van der Waals surface area (Å²) in [4.78, 5) is 65.2. The highest BCUT2D eigenvalue weighted by Crippen LogP contribution is 2.45. The fourth-order valence-electron chi connectivity index (χ4n) is 6.96. The summed E-state index contributed by atoms with van der Waals surface area (Å²) in [5, 5.41) is 19.2. The molecule has 2 fully saturated rings. The predicted molar refractivity (Wildman–Crippen MR) is 200 cm³/mol. The van der Waals surface area contributed by atoms with Crippen LogP contribution in [0.1, 0.15) is 91.2 Å². The molecular weight excluding hydrogens is 699 g/mol. The molecule has 2 aromatic heterocycles. The Morgan fingerprint density at radius 1 is 1.13 bits per heavy atom. The second-order valence-corrected chi connectivity index (χ2v) is 16.3. The molecule has 13 nitrogen and oxygen atoms in total. The number of aromatic nitrogens is 2. The zero-order valence-electron chi connectivity index (χ0n) is 31.1. The summed E-state index contributed by atoms with van der Waals surface area (Å²) in [6.07, 6.45) is 6.17.